The first-order valence-electron chi connectivity index (χ1n) is 23.2. The Morgan fingerprint density at radius 2 is 1.59 bits per heavy atom. The summed E-state index contributed by atoms with van der Waals surface area (Å²) in [4.78, 5) is 79.0. The first-order chi connectivity index (χ1) is 33.6. The van der Waals surface area contributed by atoms with Gasteiger partial charge < -0.3 is 46.1 Å². The number of thiazole rings is 1. The monoisotopic (exact) mass is 988 g/mol. The van der Waals surface area contributed by atoms with E-state index in [4.69, 9.17) is 9.47 Å². The van der Waals surface area contributed by atoms with Crippen molar-refractivity contribution in [3.8, 4) is 10.4 Å². The van der Waals surface area contributed by atoms with Crippen LogP contribution in [-0.2, 0) is 23.9 Å². The number of nitrogens with zero attached hydrogens (tertiary/aromatic N) is 3. The number of hydrogen-bond acceptors (Lipinski definition) is 13. The Morgan fingerprint density at radius 3 is 2.31 bits per heavy atom. The molecule has 4 heterocycles. The van der Waals surface area contributed by atoms with Crippen LogP contribution < -0.4 is 26.6 Å². The van der Waals surface area contributed by atoms with Crippen LogP contribution in [-0.4, -0.2) is 107 Å². The number of β-amino-alcohol motifs (C(OH)–C–C–N with tert-alkyl or cyclic N) is 1. The number of benzene rings is 3. The molecule has 0 spiro atoms. The molecule has 0 bridgehead atoms. The van der Waals surface area contributed by atoms with Crippen LogP contribution in [0.25, 0.3) is 20.5 Å². The second-order valence-corrected chi connectivity index (χ2v) is 20.0. The van der Waals surface area contributed by atoms with E-state index < -0.39 is 41.3 Å². The van der Waals surface area contributed by atoms with Crippen LogP contribution in [0.1, 0.15) is 84.1 Å². The van der Waals surface area contributed by atoms with E-state index in [0.29, 0.717) is 17.1 Å². The fraction of sp³-hybridized carbons (Fsp3) is 0.365. The number of carbonyl (C=O) groups is 5. The molecule has 0 aliphatic carbocycles. The minimum Gasteiger partial charge on any atom is -0.391 e. The molecule has 0 radical (unpaired) electrons. The maximum atomic E-state index is 14.1. The van der Waals surface area contributed by atoms with Gasteiger partial charge in [-0.15, -0.1) is 22.7 Å². The number of amides is 5. The van der Waals surface area contributed by atoms with Crippen molar-refractivity contribution < 1.29 is 38.6 Å². The smallest absolute Gasteiger partial charge is 0.257 e. The first kappa shape index (κ1) is 51.3. The predicted molar refractivity (Wildman–Crippen MR) is 273 cm³/mol. The molecular weight excluding hydrogens is 929 g/mol. The quantitative estimate of drug-likeness (QED) is 0.0411. The molecule has 6 N–H and O–H groups in total. The molecule has 4 atom stereocenters. The van der Waals surface area contributed by atoms with Crippen molar-refractivity contribution in [2.45, 2.75) is 78.6 Å². The number of carbonyl (C=O) groups excluding carboxylic acids is 5. The van der Waals surface area contributed by atoms with Crippen LogP contribution in [0.5, 0.6) is 0 Å². The summed E-state index contributed by atoms with van der Waals surface area (Å²) < 4.78 is 12.3. The van der Waals surface area contributed by atoms with E-state index in [1.54, 1.807) is 17.4 Å². The number of aliphatic hydroxyl groups excluding tert-OH is 1. The van der Waals surface area contributed by atoms with Gasteiger partial charge in [-0.3, -0.25) is 24.0 Å². The standard InChI is InChI=1S/C52H60N8O8S2/c1-31-11-7-9-13-40(31)57-47-41(58-49(64)39-29-69-43-14-10-8-12-38(39)43)25-36(27-54-47)48(63)53-20-22-68-24-23-67-21-19-44(62)59-46(52(4,5)6)51(66)60-28-37(61)26-42(60)50(65)56-32(2)34-15-17-35(18-16-34)45-33(3)55-30-70-45/h7-18,25,27,29-30,32,37,42,46,61H,19-24,26,28H2,1-6H3,(H,53,63)(H,54,57)(H,56,65)(H,58,64)(H,59,62)/t32-,37+,42-,46+/m0/s1. The molecule has 16 nitrogen and oxygen atoms in total. The summed E-state index contributed by atoms with van der Waals surface area (Å²) in [6, 6.07) is 22.6. The zero-order valence-corrected chi connectivity index (χ0v) is 41.8. The van der Waals surface area contributed by atoms with Crippen LogP contribution in [0.15, 0.2) is 96.0 Å². The van der Waals surface area contributed by atoms with Gasteiger partial charge in [-0.05, 0) is 61.1 Å². The molecule has 0 saturated carbocycles. The fourth-order valence-corrected chi connectivity index (χ4v) is 9.79. The predicted octanol–water partition coefficient (Wildman–Crippen LogP) is 7.56. The molecular formula is C52H60N8O8S2. The summed E-state index contributed by atoms with van der Waals surface area (Å²) in [6.45, 7) is 12.1. The molecule has 0 unspecified atom stereocenters. The number of ether oxygens (including phenoxy) is 2. The summed E-state index contributed by atoms with van der Waals surface area (Å²) in [5.74, 6) is -1.58. The minimum atomic E-state index is -0.972. The van der Waals surface area contributed by atoms with Gasteiger partial charge in [-0.2, -0.15) is 0 Å². The van der Waals surface area contributed by atoms with Crippen molar-refractivity contribution in [1.29, 1.82) is 0 Å². The zero-order chi connectivity index (χ0) is 50.0. The van der Waals surface area contributed by atoms with Gasteiger partial charge in [0.1, 0.15) is 12.1 Å². The normalized spacial score (nSPS) is 15.6. The number of aliphatic hydroxyl groups is 1. The molecule has 7 rings (SSSR count). The molecule has 368 valence electrons. The van der Waals surface area contributed by atoms with Gasteiger partial charge in [0, 0.05) is 53.3 Å². The average Bonchev–Trinajstić information content (AvgIpc) is 4.09. The number of likely N-dealkylation sites (tertiary alicyclic amines) is 1. The summed E-state index contributed by atoms with van der Waals surface area (Å²) in [6.07, 6.45) is 0.600. The lowest BCUT2D eigenvalue weighted by molar-refractivity contribution is -0.144. The van der Waals surface area contributed by atoms with E-state index >= 15 is 0 Å². The number of aryl methyl sites for hydroxylation is 2. The Morgan fingerprint density at radius 1 is 0.857 bits per heavy atom. The van der Waals surface area contributed by atoms with E-state index in [2.05, 4.69) is 36.6 Å². The topological polar surface area (TPSA) is 213 Å². The number of fused-ring (bicyclic) bond motifs is 1. The summed E-state index contributed by atoms with van der Waals surface area (Å²) in [5.41, 5.74) is 6.86. The lowest BCUT2D eigenvalue weighted by atomic mass is 9.85. The highest BCUT2D eigenvalue weighted by Gasteiger charge is 2.44. The molecule has 6 aromatic rings. The number of para-hydroxylation sites is 1. The number of hydrogen-bond donors (Lipinski definition) is 6. The maximum absolute atomic E-state index is 14.1. The number of nitrogens with one attached hydrogen (secondary N) is 5. The molecule has 5 amide bonds. The van der Waals surface area contributed by atoms with Gasteiger partial charge in [0.05, 0.1) is 71.5 Å². The number of thiophene rings is 1. The lowest BCUT2D eigenvalue weighted by Crippen LogP contribution is -2.58. The highest BCUT2D eigenvalue weighted by Crippen LogP contribution is 2.32. The molecule has 18 heteroatoms. The van der Waals surface area contributed by atoms with Crippen LogP contribution in [0.4, 0.5) is 17.2 Å². The molecule has 70 heavy (non-hydrogen) atoms. The Balaban J connectivity index is 0.839. The molecule has 1 aliphatic heterocycles. The highest BCUT2D eigenvalue weighted by molar-refractivity contribution is 7.17. The first-order valence-corrected chi connectivity index (χ1v) is 25.0. The third-order valence-electron chi connectivity index (χ3n) is 12.0. The summed E-state index contributed by atoms with van der Waals surface area (Å²) in [7, 11) is 0. The van der Waals surface area contributed by atoms with Crippen molar-refractivity contribution >= 4 is 79.5 Å². The lowest BCUT2D eigenvalue weighted by Gasteiger charge is -2.35. The van der Waals surface area contributed by atoms with E-state index in [1.165, 1.54) is 22.4 Å². The second kappa shape index (κ2) is 23.4. The van der Waals surface area contributed by atoms with E-state index in [0.717, 1.165) is 43.0 Å². The highest BCUT2D eigenvalue weighted by atomic mass is 32.1. The molecule has 3 aromatic heterocycles. The minimum absolute atomic E-state index is 0.0269. The fourth-order valence-electron chi connectivity index (χ4n) is 8.04. The second-order valence-electron chi connectivity index (χ2n) is 18.3. The Labute approximate surface area is 415 Å². The zero-order valence-electron chi connectivity index (χ0n) is 40.2. The van der Waals surface area contributed by atoms with E-state index in [1.807, 2.05) is 125 Å². The largest absolute Gasteiger partial charge is 0.391 e. The van der Waals surface area contributed by atoms with E-state index in [-0.39, 0.29) is 75.8 Å². The average molecular weight is 989 g/mol. The van der Waals surface area contributed by atoms with Gasteiger partial charge in [-0.1, -0.05) is 81.4 Å². The van der Waals surface area contributed by atoms with Gasteiger partial charge >= 0.3 is 0 Å². The van der Waals surface area contributed by atoms with Crippen LogP contribution in [0, 0.1) is 19.3 Å². The van der Waals surface area contributed by atoms with Crippen LogP contribution in [0.2, 0.25) is 0 Å². The summed E-state index contributed by atoms with van der Waals surface area (Å²) >= 11 is 3.04. The number of pyridine rings is 1. The third kappa shape index (κ3) is 13.0. The number of rotatable bonds is 20. The number of anilines is 3. The summed E-state index contributed by atoms with van der Waals surface area (Å²) in [5, 5.41) is 28.2. The SMILES string of the molecule is Cc1ccccc1Nc1ncc(C(=O)NCCOCCOCCC(=O)N[C@H](C(=O)N2C[C@H](O)C[C@H]2C(=O)N[C@@H](C)c2ccc(-c3scnc3C)cc2)C(C)(C)C)cc1NC(=O)c1csc2ccccc12. The van der Waals surface area contributed by atoms with Crippen molar-refractivity contribution in [3.63, 3.8) is 0 Å². The molecule has 3 aromatic carbocycles. The van der Waals surface area contributed by atoms with Crippen LogP contribution in [0.3, 0.4) is 0 Å². The van der Waals surface area contributed by atoms with Gasteiger partial charge in [0.25, 0.3) is 11.8 Å². The van der Waals surface area contributed by atoms with Gasteiger partial charge in [0.15, 0.2) is 5.82 Å². The third-order valence-corrected chi connectivity index (χ3v) is 13.9. The van der Waals surface area contributed by atoms with Crippen molar-refractivity contribution in [2.24, 2.45) is 5.41 Å². The van der Waals surface area contributed by atoms with Crippen molar-refractivity contribution in [3.05, 3.63) is 124 Å². The molecule has 1 aliphatic rings. The Hall–Kier alpha value is -6.57. The van der Waals surface area contributed by atoms with Crippen LogP contribution >= 0.6 is 22.7 Å². The maximum Gasteiger partial charge on any atom is 0.257 e. The van der Waals surface area contributed by atoms with Crippen molar-refractivity contribution in [2.75, 3.05) is 50.2 Å². The number of aromatic nitrogens is 2. The van der Waals surface area contributed by atoms with Gasteiger partial charge in [0.2, 0.25) is 17.7 Å². The van der Waals surface area contributed by atoms with Crippen molar-refractivity contribution in [1.82, 2.24) is 30.8 Å². The van der Waals surface area contributed by atoms with Gasteiger partial charge in [-0.25, -0.2) is 9.97 Å². The molecule has 1 fully saturated rings. The Kier molecular flexibility index (Phi) is 17.1. The van der Waals surface area contributed by atoms with E-state index in [9.17, 15) is 29.1 Å². The Bertz CT molecular complexity index is 2810. The molecule has 1 saturated heterocycles.